The zero-order chi connectivity index (χ0) is 8.54. The second-order valence-corrected chi connectivity index (χ2v) is 2.19. The molecule has 0 spiro atoms. The molecule has 6 heteroatoms. The van der Waals surface area contributed by atoms with Crippen LogP contribution in [0.15, 0.2) is 0 Å². The first kappa shape index (κ1) is 8.76. The van der Waals surface area contributed by atoms with Crippen molar-refractivity contribution in [2.45, 2.75) is 18.6 Å². The van der Waals surface area contributed by atoms with Gasteiger partial charge in [-0.3, -0.25) is 0 Å². The van der Waals surface area contributed by atoms with E-state index in [1.54, 1.807) is 0 Å². The highest BCUT2D eigenvalue weighted by atomic mass is 19.4. The molecule has 0 saturated carbocycles. The number of rotatable bonds is 2. The molecule has 0 aromatic rings. The van der Waals surface area contributed by atoms with Crippen molar-refractivity contribution < 1.29 is 27.8 Å². The van der Waals surface area contributed by atoms with E-state index in [-0.39, 0.29) is 13.0 Å². The third kappa shape index (κ3) is 2.64. The van der Waals surface area contributed by atoms with Crippen LogP contribution in [0.1, 0.15) is 6.42 Å². The van der Waals surface area contributed by atoms with Gasteiger partial charge in [-0.25, -0.2) is 0 Å². The highest BCUT2D eigenvalue weighted by Gasteiger charge is 2.43. The summed E-state index contributed by atoms with van der Waals surface area (Å²) in [6, 6.07) is 0. The Bertz CT molecular complexity index is 140. The summed E-state index contributed by atoms with van der Waals surface area (Å²) >= 11 is 0. The number of alkyl halides is 3. The maximum Gasteiger partial charge on any atom is 0.412 e. The summed E-state index contributed by atoms with van der Waals surface area (Å²) < 4.78 is 42.4. The Hall–Kier alpha value is -0.330. The Kier molecular flexibility index (Phi) is 2.08. The summed E-state index contributed by atoms with van der Waals surface area (Å²) in [5, 5.41) is 10.7. The molecule has 65 valence electrons. The van der Waals surface area contributed by atoms with Crippen molar-refractivity contribution in [2.24, 2.45) is 0 Å². The topological polar surface area (TPSA) is 38.4 Å². The van der Waals surface area contributed by atoms with Crippen LogP contribution in [-0.2, 0) is 14.6 Å². The molecular weight excluding hydrogens is 165 g/mol. The van der Waals surface area contributed by atoms with E-state index in [1.165, 1.54) is 0 Å². The Morgan fingerprint density at radius 1 is 1.55 bits per heavy atom. The van der Waals surface area contributed by atoms with Gasteiger partial charge in [-0.05, 0) is 0 Å². The van der Waals surface area contributed by atoms with Gasteiger partial charge >= 0.3 is 12.1 Å². The van der Waals surface area contributed by atoms with Crippen LogP contribution >= 0.6 is 0 Å². The predicted molar refractivity (Wildman–Crippen MR) is 26.0 cm³/mol. The average molecular weight is 171 g/mol. The first-order valence-electron chi connectivity index (χ1n) is 2.96. The van der Waals surface area contributed by atoms with Crippen LogP contribution in [0.4, 0.5) is 13.2 Å². The fourth-order valence-corrected chi connectivity index (χ4v) is 0.574. The van der Waals surface area contributed by atoms with Crippen molar-refractivity contribution in [1.29, 1.82) is 0 Å². The molecule has 1 radical (unpaired) electrons. The maximum atomic E-state index is 11.4. The van der Waals surface area contributed by atoms with E-state index in [0.717, 1.165) is 0 Å². The smallest absolute Gasteiger partial charge is 0.325 e. The first-order chi connectivity index (χ1) is 4.91. The predicted octanol–water partition coefficient (Wildman–Crippen LogP) is 1.07. The number of hydrogen-bond acceptors (Lipinski definition) is 2. The molecule has 0 amide bonds. The van der Waals surface area contributed by atoms with Crippen LogP contribution in [0.25, 0.3) is 0 Å². The van der Waals surface area contributed by atoms with Gasteiger partial charge in [0.1, 0.15) is 6.61 Å². The third-order valence-corrected chi connectivity index (χ3v) is 1.19. The van der Waals surface area contributed by atoms with E-state index >= 15 is 0 Å². The molecule has 1 heterocycles. The molecule has 11 heavy (non-hydrogen) atoms. The van der Waals surface area contributed by atoms with E-state index < -0.39 is 18.8 Å². The van der Waals surface area contributed by atoms with Crippen molar-refractivity contribution >= 4 is 0 Å². The summed E-state index contributed by atoms with van der Waals surface area (Å²) in [6.07, 6.45) is -4.49. The quantitative estimate of drug-likeness (QED) is 0.583. The van der Waals surface area contributed by atoms with E-state index in [1.807, 2.05) is 0 Å². The minimum Gasteiger partial charge on any atom is -0.325 e. The van der Waals surface area contributed by atoms with E-state index in [9.17, 15) is 18.3 Å². The molecular formula is C5H6F3O3. The van der Waals surface area contributed by atoms with Crippen molar-refractivity contribution in [2.75, 3.05) is 13.2 Å². The lowest BCUT2D eigenvalue weighted by Gasteiger charge is -2.33. The summed E-state index contributed by atoms with van der Waals surface area (Å²) in [5.41, 5.74) is 0. The molecule has 0 aromatic heterocycles. The zero-order valence-corrected chi connectivity index (χ0v) is 5.48. The second-order valence-electron chi connectivity index (χ2n) is 2.19. The van der Waals surface area contributed by atoms with E-state index in [2.05, 4.69) is 9.47 Å². The molecule has 1 aliphatic heterocycles. The molecule has 1 rings (SSSR count). The molecule has 0 aromatic carbocycles. The molecule has 0 N–H and O–H groups in total. The van der Waals surface area contributed by atoms with E-state index in [0.29, 0.717) is 0 Å². The summed E-state index contributed by atoms with van der Waals surface area (Å²) in [7, 11) is 0. The van der Waals surface area contributed by atoms with Crippen LogP contribution in [0, 0.1) is 0 Å². The molecule has 1 aliphatic rings. The van der Waals surface area contributed by atoms with Gasteiger partial charge in [0.25, 0.3) is 0 Å². The summed E-state index contributed by atoms with van der Waals surface area (Å²) in [4.78, 5) is 0. The normalized spacial score (nSPS) is 31.6. The SMILES string of the molecule is [O]C1(OCC(F)(F)F)CCO1. The molecule has 0 bridgehead atoms. The maximum absolute atomic E-state index is 11.4. The van der Waals surface area contributed by atoms with Crippen LogP contribution in [0.5, 0.6) is 0 Å². The van der Waals surface area contributed by atoms with Crippen LogP contribution in [0.2, 0.25) is 0 Å². The lowest BCUT2D eigenvalue weighted by Crippen LogP contribution is -2.46. The Morgan fingerprint density at radius 3 is 2.36 bits per heavy atom. The average Bonchev–Trinajstić information content (AvgIpc) is 1.77. The van der Waals surface area contributed by atoms with Crippen LogP contribution in [-0.4, -0.2) is 25.4 Å². The van der Waals surface area contributed by atoms with Crippen molar-refractivity contribution in [3.05, 3.63) is 0 Å². The standard InChI is InChI=1S/C5H6F3O3/c6-4(7,8)3-11-5(9)1-2-10-5/h1-3H2. The second kappa shape index (κ2) is 2.62. The highest BCUT2D eigenvalue weighted by molar-refractivity contribution is 4.64. The van der Waals surface area contributed by atoms with Crippen molar-refractivity contribution in [1.82, 2.24) is 0 Å². The van der Waals surface area contributed by atoms with Gasteiger partial charge < -0.3 is 9.47 Å². The van der Waals surface area contributed by atoms with E-state index in [4.69, 9.17) is 0 Å². The molecule has 1 unspecified atom stereocenters. The third-order valence-electron chi connectivity index (χ3n) is 1.19. The van der Waals surface area contributed by atoms with Gasteiger partial charge in [0.15, 0.2) is 0 Å². The lowest BCUT2D eigenvalue weighted by molar-refractivity contribution is -0.455. The zero-order valence-electron chi connectivity index (χ0n) is 5.48. The lowest BCUT2D eigenvalue weighted by atomic mass is 10.3. The van der Waals surface area contributed by atoms with Crippen LogP contribution in [0.3, 0.4) is 0 Å². The largest absolute Gasteiger partial charge is 0.412 e. The van der Waals surface area contributed by atoms with Gasteiger partial charge in [-0.15, -0.1) is 0 Å². The van der Waals surface area contributed by atoms with Gasteiger partial charge in [0.05, 0.1) is 13.0 Å². The fraction of sp³-hybridized carbons (Fsp3) is 1.00. The first-order valence-corrected chi connectivity index (χ1v) is 2.96. The molecule has 1 fully saturated rings. The Balaban J connectivity index is 2.21. The molecule has 0 aliphatic carbocycles. The molecule has 1 atom stereocenters. The van der Waals surface area contributed by atoms with Crippen molar-refractivity contribution in [3.8, 4) is 0 Å². The Morgan fingerprint density at radius 2 is 2.09 bits per heavy atom. The summed E-state index contributed by atoms with van der Waals surface area (Å²) in [5.74, 6) is -2.24. The highest BCUT2D eigenvalue weighted by Crippen LogP contribution is 2.27. The minimum atomic E-state index is -4.46. The summed E-state index contributed by atoms with van der Waals surface area (Å²) in [6.45, 7) is -1.38. The number of halogens is 3. The van der Waals surface area contributed by atoms with Gasteiger partial charge in [-0.2, -0.15) is 18.3 Å². The van der Waals surface area contributed by atoms with Crippen LogP contribution < -0.4 is 0 Å². The van der Waals surface area contributed by atoms with Gasteiger partial charge in [0, 0.05) is 0 Å². The number of ether oxygens (including phenoxy) is 2. The minimum absolute atomic E-state index is 0.0247. The Labute approximate surface area is 60.7 Å². The van der Waals surface area contributed by atoms with Gasteiger partial charge in [-0.1, -0.05) is 0 Å². The molecule has 3 nitrogen and oxygen atoms in total. The molecule has 1 saturated heterocycles. The monoisotopic (exact) mass is 171 g/mol. The van der Waals surface area contributed by atoms with Crippen molar-refractivity contribution in [3.63, 3.8) is 0 Å². The van der Waals surface area contributed by atoms with Gasteiger partial charge in [0.2, 0.25) is 0 Å². The fourth-order valence-electron chi connectivity index (χ4n) is 0.574. The number of hydrogen-bond donors (Lipinski definition) is 0.